The van der Waals surface area contributed by atoms with Gasteiger partial charge in [-0.05, 0) is 11.6 Å². The van der Waals surface area contributed by atoms with Gasteiger partial charge < -0.3 is 10.1 Å². The van der Waals surface area contributed by atoms with Crippen LogP contribution in [0.4, 0.5) is 10.7 Å². The number of thiophene rings is 1. The molecule has 1 saturated heterocycles. The van der Waals surface area contributed by atoms with E-state index in [4.69, 9.17) is 16.3 Å². The van der Waals surface area contributed by atoms with E-state index in [1.54, 1.807) is 6.07 Å². The van der Waals surface area contributed by atoms with Crippen molar-refractivity contribution < 1.29 is 18.1 Å². The van der Waals surface area contributed by atoms with Gasteiger partial charge in [0.05, 0.1) is 24.2 Å². The maximum absolute atomic E-state index is 11.8. The molecule has 2 aromatic rings. The Morgan fingerprint density at radius 2 is 2.04 bits per heavy atom. The second-order valence-corrected chi connectivity index (χ2v) is 10.1. The van der Waals surface area contributed by atoms with Gasteiger partial charge in [-0.25, -0.2) is 8.42 Å². The van der Waals surface area contributed by atoms with Crippen LogP contribution in [0.1, 0.15) is 11.6 Å². The minimum atomic E-state index is -3.53. The number of hydrogen-bond donors (Lipinski definition) is 1. The zero-order valence-electron chi connectivity index (χ0n) is 15.1. The normalized spacial score (nSPS) is 16.6. The molecule has 1 atom stereocenters. The Balaban J connectivity index is 1.89. The summed E-state index contributed by atoms with van der Waals surface area (Å²) in [6.07, 6.45) is 1.03. The molecule has 0 aliphatic carbocycles. The van der Waals surface area contributed by atoms with E-state index in [0.29, 0.717) is 37.9 Å². The summed E-state index contributed by atoms with van der Waals surface area (Å²) in [4.78, 5) is 13.0. The quantitative estimate of drug-likeness (QED) is 0.515. The van der Waals surface area contributed by atoms with E-state index in [2.05, 4.69) is 10.2 Å². The van der Waals surface area contributed by atoms with Crippen molar-refractivity contribution in [3.63, 3.8) is 0 Å². The number of anilines is 1. The van der Waals surface area contributed by atoms with E-state index in [1.165, 1.54) is 0 Å². The third-order valence-corrected chi connectivity index (χ3v) is 7.69. The van der Waals surface area contributed by atoms with Crippen molar-refractivity contribution in [3.05, 3.63) is 51.0 Å². The minimum Gasteiger partial charge on any atom is -0.379 e. The highest BCUT2D eigenvalue weighted by molar-refractivity contribution is 7.92. The van der Waals surface area contributed by atoms with Crippen molar-refractivity contribution >= 4 is 43.5 Å². The Kier molecular flexibility index (Phi) is 6.56. The van der Waals surface area contributed by atoms with Crippen molar-refractivity contribution in [2.24, 2.45) is 0 Å². The molecular formula is C17H20ClN3O5S2. The van der Waals surface area contributed by atoms with Gasteiger partial charge in [0, 0.05) is 37.0 Å². The van der Waals surface area contributed by atoms with Crippen LogP contribution in [0.2, 0.25) is 5.02 Å². The highest BCUT2D eigenvalue weighted by Gasteiger charge is 2.27. The van der Waals surface area contributed by atoms with E-state index in [-0.39, 0.29) is 20.9 Å². The van der Waals surface area contributed by atoms with Crippen LogP contribution in [0.3, 0.4) is 0 Å². The summed E-state index contributed by atoms with van der Waals surface area (Å²) in [7, 11) is -3.53. The lowest BCUT2D eigenvalue weighted by Gasteiger charge is -2.35. The third-order valence-electron chi connectivity index (χ3n) is 4.46. The fraction of sp³-hybridized carbons (Fsp3) is 0.412. The highest BCUT2D eigenvalue weighted by atomic mass is 35.5. The van der Waals surface area contributed by atoms with E-state index >= 15 is 0 Å². The largest absolute Gasteiger partial charge is 0.379 e. The molecule has 0 amide bonds. The molecule has 0 saturated carbocycles. The summed E-state index contributed by atoms with van der Waals surface area (Å²) < 4.78 is 29.0. The number of halogens is 1. The molecule has 1 aromatic carbocycles. The van der Waals surface area contributed by atoms with Gasteiger partial charge in [-0.15, -0.1) is 0 Å². The second-order valence-electron chi connectivity index (χ2n) is 6.38. The summed E-state index contributed by atoms with van der Waals surface area (Å²) in [5.41, 5.74) is 0.659. The lowest BCUT2D eigenvalue weighted by molar-refractivity contribution is -0.383. The number of sulfone groups is 1. The Morgan fingerprint density at radius 3 is 2.64 bits per heavy atom. The molecule has 3 rings (SSSR count). The Labute approximate surface area is 172 Å². The summed E-state index contributed by atoms with van der Waals surface area (Å²) in [6, 6.07) is 8.43. The fourth-order valence-corrected chi connectivity index (χ4v) is 5.27. The lowest BCUT2D eigenvalue weighted by Crippen LogP contribution is -2.41. The molecule has 1 aromatic heterocycles. The highest BCUT2D eigenvalue weighted by Crippen LogP contribution is 2.38. The first kappa shape index (κ1) is 21.0. The van der Waals surface area contributed by atoms with Gasteiger partial charge in [-0.1, -0.05) is 41.1 Å². The predicted octanol–water partition coefficient (Wildman–Crippen LogP) is 3.20. The fourth-order valence-electron chi connectivity index (χ4n) is 3.06. The maximum Gasteiger partial charge on any atom is 0.304 e. The van der Waals surface area contributed by atoms with Crippen LogP contribution in [0.5, 0.6) is 0 Å². The Morgan fingerprint density at radius 1 is 1.36 bits per heavy atom. The van der Waals surface area contributed by atoms with Gasteiger partial charge in [-0.3, -0.25) is 15.0 Å². The van der Waals surface area contributed by atoms with Crippen LogP contribution in [-0.2, 0) is 14.6 Å². The standard InChI is InChI=1S/C17H20ClN3O5S2/c1-28(24,25)16-10-14(21(22)23)17(27-16)19-11-15(20-6-8-26-9-7-20)12-4-2-3-5-13(12)18/h2-5,10,15,19H,6-9,11H2,1H3. The van der Waals surface area contributed by atoms with Gasteiger partial charge >= 0.3 is 5.69 Å². The number of rotatable bonds is 7. The number of ether oxygens (including phenoxy) is 1. The van der Waals surface area contributed by atoms with Gasteiger partial charge in [0.2, 0.25) is 0 Å². The first-order valence-corrected chi connectivity index (χ1v) is 11.6. The number of hydrogen-bond acceptors (Lipinski definition) is 8. The number of benzene rings is 1. The molecule has 11 heteroatoms. The zero-order valence-corrected chi connectivity index (χ0v) is 17.5. The average molecular weight is 446 g/mol. The third kappa shape index (κ3) is 4.81. The van der Waals surface area contributed by atoms with Gasteiger partial charge in [-0.2, -0.15) is 0 Å². The number of nitro groups is 1. The molecule has 152 valence electrons. The lowest BCUT2D eigenvalue weighted by atomic mass is 10.0. The first-order valence-electron chi connectivity index (χ1n) is 8.55. The molecule has 28 heavy (non-hydrogen) atoms. The Bertz CT molecular complexity index is 957. The molecule has 1 unspecified atom stereocenters. The topological polar surface area (TPSA) is 102 Å². The van der Waals surface area contributed by atoms with Gasteiger partial charge in [0.1, 0.15) is 4.21 Å². The maximum atomic E-state index is 11.8. The van der Waals surface area contributed by atoms with Crippen molar-refractivity contribution in [2.45, 2.75) is 10.3 Å². The van der Waals surface area contributed by atoms with Crippen molar-refractivity contribution in [1.82, 2.24) is 4.90 Å². The summed E-state index contributed by atoms with van der Waals surface area (Å²) >= 11 is 7.26. The van der Waals surface area contributed by atoms with Gasteiger partial charge in [0.25, 0.3) is 0 Å². The van der Waals surface area contributed by atoms with Crippen LogP contribution >= 0.6 is 22.9 Å². The van der Waals surface area contributed by atoms with Crippen LogP contribution < -0.4 is 5.32 Å². The zero-order chi connectivity index (χ0) is 20.3. The summed E-state index contributed by atoms with van der Waals surface area (Å²) in [6.45, 7) is 2.95. The van der Waals surface area contributed by atoms with E-state index in [1.807, 2.05) is 18.2 Å². The molecule has 0 bridgehead atoms. The molecule has 8 nitrogen and oxygen atoms in total. The van der Waals surface area contributed by atoms with Crippen LogP contribution in [0.25, 0.3) is 0 Å². The van der Waals surface area contributed by atoms with E-state index < -0.39 is 14.8 Å². The molecule has 0 radical (unpaired) electrons. The molecule has 1 N–H and O–H groups in total. The van der Waals surface area contributed by atoms with Crippen molar-refractivity contribution in [1.29, 1.82) is 0 Å². The molecular weight excluding hydrogens is 426 g/mol. The monoisotopic (exact) mass is 445 g/mol. The first-order chi connectivity index (χ1) is 13.3. The second kappa shape index (κ2) is 8.75. The molecule has 2 heterocycles. The Hall–Kier alpha value is -1.72. The average Bonchev–Trinajstić information content (AvgIpc) is 3.09. The molecule has 1 fully saturated rings. The van der Waals surface area contributed by atoms with Crippen molar-refractivity contribution in [2.75, 3.05) is 44.4 Å². The molecule has 0 spiro atoms. The van der Waals surface area contributed by atoms with E-state index in [0.717, 1.165) is 29.2 Å². The summed E-state index contributed by atoms with van der Waals surface area (Å²) in [5, 5.41) is 15.3. The minimum absolute atomic E-state index is 0.0395. The number of morpholine rings is 1. The van der Waals surface area contributed by atoms with Crippen molar-refractivity contribution in [3.8, 4) is 0 Å². The number of nitrogens with one attached hydrogen (secondary N) is 1. The smallest absolute Gasteiger partial charge is 0.304 e. The summed E-state index contributed by atoms with van der Waals surface area (Å²) in [5.74, 6) is 0. The van der Waals surface area contributed by atoms with Crippen LogP contribution in [-0.4, -0.2) is 57.3 Å². The molecule has 1 aliphatic rings. The molecule has 1 aliphatic heterocycles. The van der Waals surface area contributed by atoms with Crippen LogP contribution in [0, 0.1) is 10.1 Å². The predicted molar refractivity (Wildman–Crippen MR) is 109 cm³/mol. The number of nitrogens with zero attached hydrogens (tertiary/aromatic N) is 2. The van der Waals surface area contributed by atoms with Crippen LogP contribution in [0.15, 0.2) is 34.5 Å². The van der Waals surface area contributed by atoms with E-state index in [9.17, 15) is 18.5 Å². The SMILES string of the molecule is CS(=O)(=O)c1cc([N+](=O)[O-])c(NCC(c2ccccc2Cl)N2CCOCC2)s1. The van der Waals surface area contributed by atoms with Gasteiger partial charge in [0.15, 0.2) is 14.8 Å².